The lowest BCUT2D eigenvalue weighted by molar-refractivity contribution is -0.120. The molecule has 2 N–H and O–H groups in total. The van der Waals surface area contributed by atoms with E-state index in [0.29, 0.717) is 25.6 Å². The monoisotopic (exact) mass is 484 g/mol. The maximum Gasteiger partial charge on any atom is 0.224 e. The van der Waals surface area contributed by atoms with Crippen LogP contribution in [0.3, 0.4) is 0 Å². The summed E-state index contributed by atoms with van der Waals surface area (Å²) in [7, 11) is 0. The average Bonchev–Trinajstić information content (AvgIpc) is 3.57. The zero-order chi connectivity index (χ0) is 23.6. The van der Waals surface area contributed by atoms with Crippen LogP contribution in [0, 0.1) is 0 Å². The van der Waals surface area contributed by atoms with Gasteiger partial charge in [-0.25, -0.2) is 4.98 Å². The zero-order valence-corrected chi connectivity index (χ0v) is 20.3. The van der Waals surface area contributed by atoms with Crippen molar-refractivity contribution in [3.8, 4) is 16.9 Å². The normalized spacial score (nSPS) is 19.3. The van der Waals surface area contributed by atoms with Crippen molar-refractivity contribution >= 4 is 27.5 Å². The second-order valence-electron chi connectivity index (χ2n) is 9.40. The van der Waals surface area contributed by atoms with Gasteiger partial charge in [0.25, 0.3) is 0 Å². The smallest absolute Gasteiger partial charge is 0.224 e. The van der Waals surface area contributed by atoms with Gasteiger partial charge in [0.1, 0.15) is 10.8 Å². The predicted octanol–water partition coefficient (Wildman–Crippen LogP) is 4.49. The van der Waals surface area contributed by atoms with E-state index in [1.54, 1.807) is 11.3 Å². The van der Waals surface area contributed by atoms with Crippen molar-refractivity contribution in [3.05, 3.63) is 77.1 Å². The van der Waals surface area contributed by atoms with E-state index in [0.717, 1.165) is 52.4 Å². The minimum Gasteiger partial charge on any atom is -0.493 e. The molecule has 2 unspecified atom stereocenters. The largest absolute Gasteiger partial charge is 0.493 e. The first-order valence-electron chi connectivity index (χ1n) is 12.3. The fraction of sp³-hybridized carbons (Fsp3) is 0.321. The summed E-state index contributed by atoms with van der Waals surface area (Å²) in [5.41, 5.74) is 5.53. The van der Waals surface area contributed by atoms with Crippen LogP contribution in [0.5, 0.6) is 5.75 Å². The second-order valence-corrected chi connectivity index (χ2v) is 10.5. The molecule has 0 saturated carbocycles. The molecule has 1 amide bonds. The Hall–Kier alpha value is -3.29. The SMILES string of the molecule is O=C(Cc1ccc2c(c1)CC(c1nc3ccc(-c4ccncc4)cc3s1)CO2)NCC1CCCN1. The van der Waals surface area contributed by atoms with Crippen LogP contribution in [0.15, 0.2) is 60.9 Å². The van der Waals surface area contributed by atoms with E-state index in [-0.39, 0.29) is 11.8 Å². The van der Waals surface area contributed by atoms with E-state index in [1.165, 1.54) is 16.7 Å². The molecular formula is C28H28N4O2S. The van der Waals surface area contributed by atoms with Gasteiger partial charge in [-0.15, -0.1) is 11.3 Å². The third-order valence-electron chi connectivity index (χ3n) is 6.87. The molecule has 1 saturated heterocycles. The van der Waals surface area contributed by atoms with Crippen LogP contribution in [0.25, 0.3) is 21.3 Å². The van der Waals surface area contributed by atoms with E-state index in [2.05, 4.69) is 39.9 Å². The minimum atomic E-state index is 0.0723. The lowest BCUT2D eigenvalue weighted by atomic mass is 9.95. The van der Waals surface area contributed by atoms with Gasteiger partial charge in [-0.05, 0) is 78.4 Å². The van der Waals surface area contributed by atoms with Crippen LogP contribution in [-0.4, -0.2) is 41.6 Å². The van der Waals surface area contributed by atoms with Crippen molar-refractivity contribution in [2.45, 2.75) is 37.6 Å². The van der Waals surface area contributed by atoms with E-state index < -0.39 is 0 Å². The minimum absolute atomic E-state index is 0.0723. The third-order valence-corrected chi connectivity index (χ3v) is 8.05. The molecule has 0 bridgehead atoms. The Labute approximate surface area is 208 Å². The number of amides is 1. The summed E-state index contributed by atoms with van der Waals surface area (Å²) in [5, 5.41) is 7.60. The summed E-state index contributed by atoms with van der Waals surface area (Å²) in [6.45, 7) is 2.38. The molecule has 6 rings (SSSR count). The number of benzene rings is 2. The lowest BCUT2D eigenvalue weighted by Crippen LogP contribution is -2.37. The van der Waals surface area contributed by atoms with Gasteiger partial charge in [0.15, 0.2) is 0 Å². The highest BCUT2D eigenvalue weighted by atomic mass is 32.1. The number of nitrogens with one attached hydrogen (secondary N) is 2. The summed E-state index contributed by atoms with van der Waals surface area (Å²) >= 11 is 1.74. The average molecular weight is 485 g/mol. The second kappa shape index (κ2) is 9.76. The fourth-order valence-corrected chi connectivity index (χ4v) is 6.06. The summed E-state index contributed by atoms with van der Waals surface area (Å²) in [5.74, 6) is 1.20. The van der Waals surface area contributed by atoms with Crippen molar-refractivity contribution in [3.63, 3.8) is 0 Å². The first-order chi connectivity index (χ1) is 17.2. The van der Waals surface area contributed by atoms with E-state index in [9.17, 15) is 4.79 Å². The maximum absolute atomic E-state index is 12.5. The number of carbonyl (C=O) groups excluding carboxylic acids is 1. The van der Waals surface area contributed by atoms with Crippen molar-refractivity contribution < 1.29 is 9.53 Å². The zero-order valence-electron chi connectivity index (χ0n) is 19.5. The number of ether oxygens (including phenoxy) is 1. The Bertz CT molecular complexity index is 1350. The summed E-state index contributed by atoms with van der Waals surface area (Å²) < 4.78 is 7.29. The first-order valence-corrected chi connectivity index (χ1v) is 13.1. The molecule has 4 aromatic rings. The number of carbonyl (C=O) groups is 1. The van der Waals surface area contributed by atoms with Gasteiger partial charge in [0, 0.05) is 30.9 Å². The molecule has 4 heterocycles. The Morgan fingerprint density at radius 2 is 2.03 bits per heavy atom. The van der Waals surface area contributed by atoms with Crippen LogP contribution in [0.4, 0.5) is 0 Å². The van der Waals surface area contributed by atoms with Crippen molar-refractivity contribution in [2.24, 2.45) is 0 Å². The van der Waals surface area contributed by atoms with E-state index in [4.69, 9.17) is 9.72 Å². The molecule has 2 aliphatic heterocycles. The summed E-state index contributed by atoms with van der Waals surface area (Å²) in [6, 6.07) is 17.0. The van der Waals surface area contributed by atoms with Gasteiger partial charge < -0.3 is 15.4 Å². The quantitative estimate of drug-likeness (QED) is 0.422. The molecule has 0 spiro atoms. The standard InChI is InChI=1S/C28H28N4O2S/c33-27(31-16-23-2-1-9-30-23)13-18-3-6-25-21(12-18)14-22(17-34-25)28-32-24-5-4-20(15-26(24)35-28)19-7-10-29-11-8-19/h3-8,10-12,15,22-23,30H,1-2,9,13-14,16-17H2,(H,31,33). The van der Waals surface area contributed by atoms with Crippen LogP contribution in [0.2, 0.25) is 0 Å². The summed E-state index contributed by atoms with van der Waals surface area (Å²) in [6.07, 6.45) is 7.22. The van der Waals surface area contributed by atoms with Gasteiger partial charge in [-0.1, -0.05) is 18.2 Å². The summed E-state index contributed by atoms with van der Waals surface area (Å²) in [4.78, 5) is 21.5. The van der Waals surface area contributed by atoms with E-state index in [1.807, 2.05) is 36.7 Å². The van der Waals surface area contributed by atoms with E-state index >= 15 is 0 Å². The highest BCUT2D eigenvalue weighted by molar-refractivity contribution is 7.18. The number of rotatable bonds is 6. The molecule has 2 aromatic heterocycles. The van der Waals surface area contributed by atoms with Crippen molar-refractivity contribution in [1.29, 1.82) is 0 Å². The molecular weight excluding hydrogens is 456 g/mol. The number of thiazole rings is 1. The Morgan fingerprint density at radius 1 is 1.11 bits per heavy atom. The molecule has 7 heteroatoms. The molecule has 6 nitrogen and oxygen atoms in total. The molecule has 2 aliphatic rings. The van der Waals surface area contributed by atoms with Gasteiger partial charge in [0.2, 0.25) is 5.91 Å². The van der Waals surface area contributed by atoms with Crippen LogP contribution >= 0.6 is 11.3 Å². The van der Waals surface area contributed by atoms with Crippen LogP contribution in [0.1, 0.15) is 34.9 Å². The van der Waals surface area contributed by atoms with Gasteiger partial charge in [0.05, 0.1) is 23.2 Å². The topological polar surface area (TPSA) is 76.1 Å². The predicted molar refractivity (Wildman–Crippen MR) is 139 cm³/mol. The van der Waals surface area contributed by atoms with Crippen molar-refractivity contribution in [1.82, 2.24) is 20.6 Å². The maximum atomic E-state index is 12.5. The van der Waals surface area contributed by atoms with Crippen molar-refractivity contribution in [2.75, 3.05) is 19.7 Å². The molecule has 2 aromatic carbocycles. The Kier molecular flexibility index (Phi) is 6.19. The number of aromatic nitrogens is 2. The molecule has 178 valence electrons. The van der Waals surface area contributed by atoms with Crippen LogP contribution < -0.4 is 15.4 Å². The molecule has 0 aliphatic carbocycles. The van der Waals surface area contributed by atoms with Crippen LogP contribution in [-0.2, 0) is 17.6 Å². The Balaban J connectivity index is 1.15. The molecule has 1 fully saturated rings. The molecule has 2 atom stereocenters. The van der Waals surface area contributed by atoms with Gasteiger partial charge in [-0.2, -0.15) is 0 Å². The number of hydrogen-bond donors (Lipinski definition) is 2. The Morgan fingerprint density at radius 3 is 2.89 bits per heavy atom. The lowest BCUT2D eigenvalue weighted by Gasteiger charge is -2.24. The highest BCUT2D eigenvalue weighted by Crippen LogP contribution is 2.37. The first kappa shape index (κ1) is 22.2. The molecule has 35 heavy (non-hydrogen) atoms. The number of pyridine rings is 1. The third kappa shape index (κ3) is 4.92. The van der Waals surface area contributed by atoms with Gasteiger partial charge in [-0.3, -0.25) is 9.78 Å². The number of nitrogens with zero attached hydrogens (tertiary/aromatic N) is 2. The highest BCUT2D eigenvalue weighted by Gasteiger charge is 2.25. The number of fused-ring (bicyclic) bond motifs is 2. The molecule has 0 radical (unpaired) electrons. The number of hydrogen-bond acceptors (Lipinski definition) is 6. The van der Waals surface area contributed by atoms with Gasteiger partial charge >= 0.3 is 0 Å². The fourth-order valence-electron chi connectivity index (χ4n) is 4.97.